The Morgan fingerprint density at radius 1 is 1.14 bits per heavy atom. The van der Waals surface area contributed by atoms with E-state index in [1.54, 1.807) is 12.3 Å². The highest BCUT2D eigenvalue weighted by Gasteiger charge is 2.32. The van der Waals surface area contributed by atoms with Crippen LogP contribution in [0, 0.1) is 17.6 Å². The Labute approximate surface area is 167 Å². The molecule has 0 radical (unpaired) electrons. The van der Waals surface area contributed by atoms with Crippen LogP contribution in [-0.2, 0) is 20.7 Å². The summed E-state index contributed by atoms with van der Waals surface area (Å²) in [5.41, 5.74) is 0.849. The van der Waals surface area contributed by atoms with Gasteiger partial charge in [-0.3, -0.25) is 9.59 Å². The van der Waals surface area contributed by atoms with E-state index in [-0.39, 0.29) is 42.4 Å². The molecule has 0 unspecified atom stereocenters. The quantitative estimate of drug-likeness (QED) is 0.770. The molecule has 29 heavy (non-hydrogen) atoms. The summed E-state index contributed by atoms with van der Waals surface area (Å²) in [5.74, 6) is -1.25. The minimum absolute atomic E-state index is 0.0327. The fourth-order valence-electron chi connectivity index (χ4n) is 4.22. The number of ketones is 1. The van der Waals surface area contributed by atoms with Gasteiger partial charge in [-0.1, -0.05) is 0 Å². The number of amides is 1. The van der Waals surface area contributed by atoms with Crippen molar-refractivity contribution >= 4 is 11.7 Å². The predicted octanol–water partition coefficient (Wildman–Crippen LogP) is 2.68. The van der Waals surface area contributed by atoms with Gasteiger partial charge in [0, 0.05) is 30.8 Å². The largest absolute Gasteiger partial charge is 0.370 e. The van der Waals surface area contributed by atoms with Gasteiger partial charge < -0.3 is 9.64 Å². The number of Topliss-reactive ketones (excluding diaryl/α,β-unsaturated/α-hetero) is 1. The molecule has 1 saturated carbocycles. The van der Waals surface area contributed by atoms with Gasteiger partial charge in [-0.05, 0) is 43.9 Å². The molecular weight excluding hydrogens is 380 g/mol. The van der Waals surface area contributed by atoms with Crippen LogP contribution in [0.15, 0.2) is 30.5 Å². The zero-order valence-electron chi connectivity index (χ0n) is 16.0. The molecule has 0 spiro atoms. The van der Waals surface area contributed by atoms with Crippen molar-refractivity contribution in [2.24, 2.45) is 5.92 Å². The molecule has 2 aromatic rings. The van der Waals surface area contributed by atoms with Gasteiger partial charge in [0.05, 0.1) is 24.4 Å². The molecular formula is C21H23F2N3O3. The van der Waals surface area contributed by atoms with Crippen molar-refractivity contribution in [3.63, 3.8) is 0 Å². The fraction of sp³-hybridized carbons (Fsp3) is 0.476. The summed E-state index contributed by atoms with van der Waals surface area (Å²) in [5, 5.41) is 4.29. The van der Waals surface area contributed by atoms with Crippen LogP contribution in [-0.4, -0.2) is 52.2 Å². The Balaban J connectivity index is 1.33. The molecule has 1 saturated heterocycles. The maximum Gasteiger partial charge on any atom is 0.248 e. The van der Waals surface area contributed by atoms with Crippen LogP contribution in [0.3, 0.4) is 0 Å². The van der Waals surface area contributed by atoms with E-state index in [1.807, 2.05) is 4.90 Å². The van der Waals surface area contributed by atoms with Crippen LogP contribution in [0.2, 0.25) is 0 Å². The molecule has 154 valence electrons. The summed E-state index contributed by atoms with van der Waals surface area (Å²) < 4.78 is 33.3. The molecule has 8 heteroatoms. The lowest BCUT2D eigenvalue weighted by Gasteiger charge is -2.38. The highest BCUT2D eigenvalue weighted by atomic mass is 19.1. The standard InChI is InChI=1S/C21H23F2N3O3/c22-15-9-16(23)11-19(10-15)26-6-5-17(24-26)12-20(27)14-1-3-18(4-2-14)25-7-8-29-13-21(25)28/h5-6,9-11,14,18H,1-4,7-8,12-13H2. The van der Waals surface area contributed by atoms with E-state index in [0.29, 0.717) is 18.8 Å². The first-order chi connectivity index (χ1) is 14.0. The number of aromatic nitrogens is 2. The van der Waals surface area contributed by atoms with Crippen molar-refractivity contribution in [1.29, 1.82) is 0 Å². The lowest BCUT2D eigenvalue weighted by Crippen LogP contribution is -2.49. The molecule has 2 aliphatic rings. The van der Waals surface area contributed by atoms with Crippen LogP contribution in [0.1, 0.15) is 31.4 Å². The smallest absolute Gasteiger partial charge is 0.248 e. The zero-order chi connectivity index (χ0) is 20.4. The van der Waals surface area contributed by atoms with Crippen LogP contribution in [0.5, 0.6) is 0 Å². The summed E-state index contributed by atoms with van der Waals surface area (Å²) in [6.45, 7) is 1.35. The molecule has 1 aliphatic heterocycles. The van der Waals surface area contributed by atoms with E-state index >= 15 is 0 Å². The number of benzene rings is 1. The summed E-state index contributed by atoms with van der Waals surface area (Å²) in [7, 11) is 0. The number of morpholine rings is 1. The summed E-state index contributed by atoms with van der Waals surface area (Å²) in [6.07, 6.45) is 4.93. The predicted molar refractivity (Wildman–Crippen MR) is 100 cm³/mol. The van der Waals surface area contributed by atoms with Crippen molar-refractivity contribution in [3.05, 3.63) is 47.8 Å². The molecule has 0 bridgehead atoms. The van der Waals surface area contributed by atoms with Gasteiger partial charge in [-0.2, -0.15) is 5.10 Å². The number of hydrogen-bond donors (Lipinski definition) is 0. The molecule has 1 aromatic carbocycles. The van der Waals surface area contributed by atoms with Crippen molar-refractivity contribution in [1.82, 2.24) is 14.7 Å². The molecule has 2 heterocycles. The third-order valence-corrected chi connectivity index (χ3v) is 5.73. The third kappa shape index (κ3) is 4.53. The fourth-order valence-corrected chi connectivity index (χ4v) is 4.22. The van der Waals surface area contributed by atoms with Crippen molar-refractivity contribution < 1.29 is 23.1 Å². The Morgan fingerprint density at radius 2 is 1.86 bits per heavy atom. The normalized spacial score (nSPS) is 22.7. The minimum atomic E-state index is -0.677. The number of carbonyl (C=O) groups is 2. The Kier molecular flexibility index (Phi) is 5.71. The number of ether oxygens (including phenoxy) is 1. The van der Waals surface area contributed by atoms with Crippen molar-refractivity contribution in [3.8, 4) is 5.69 Å². The van der Waals surface area contributed by atoms with Gasteiger partial charge in [0.1, 0.15) is 24.0 Å². The minimum Gasteiger partial charge on any atom is -0.370 e. The van der Waals surface area contributed by atoms with Gasteiger partial charge in [0.2, 0.25) is 5.91 Å². The second-order valence-electron chi connectivity index (χ2n) is 7.67. The first-order valence-electron chi connectivity index (χ1n) is 9.90. The van der Waals surface area contributed by atoms with Crippen LogP contribution < -0.4 is 0 Å². The van der Waals surface area contributed by atoms with Crippen molar-refractivity contribution in [2.75, 3.05) is 19.8 Å². The van der Waals surface area contributed by atoms with Crippen LogP contribution in [0.25, 0.3) is 5.69 Å². The lowest BCUT2D eigenvalue weighted by atomic mass is 9.81. The second kappa shape index (κ2) is 8.41. The molecule has 6 nitrogen and oxygen atoms in total. The number of nitrogens with zero attached hydrogens (tertiary/aromatic N) is 3. The van der Waals surface area contributed by atoms with E-state index in [0.717, 1.165) is 31.7 Å². The van der Waals surface area contributed by atoms with E-state index in [9.17, 15) is 18.4 Å². The van der Waals surface area contributed by atoms with Crippen LogP contribution in [0.4, 0.5) is 8.78 Å². The monoisotopic (exact) mass is 403 g/mol. The maximum absolute atomic E-state index is 13.4. The second-order valence-corrected chi connectivity index (χ2v) is 7.67. The number of carbonyl (C=O) groups excluding carboxylic acids is 2. The van der Waals surface area contributed by atoms with E-state index in [1.165, 1.54) is 16.8 Å². The number of hydrogen-bond acceptors (Lipinski definition) is 4. The molecule has 2 fully saturated rings. The lowest BCUT2D eigenvalue weighted by molar-refractivity contribution is -0.146. The van der Waals surface area contributed by atoms with E-state index < -0.39 is 11.6 Å². The Bertz CT molecular complexity index is 886. The number of rotatable bonds is 5. The average molecular weight is 403 g/mol. The molecule has 1 amide bonds. The zero-order valence-corrected chi connectivity index (χ0v) is 16.0. The molecule has 0 atom stereocenters. The Morgan fingerprint density at radius 3 is 2.55 bits per heavy atom. The highest BCUT2D eigenvalue weighted by molar-refractivity contribution is 5.83. The summed E-state index contributed by atoms with van der Waals surface area (Å²) in [4.78, 5) is 26.6. The number of halogens is 2. The average Bonchev–Trinajstić information content (AvgIpc) is 3.16. The Hall–Kier alpha value is -2.61. The van der Waals surface area contributed by atoms with E-state index in [2.05, 4.69) is 5.10 Å². The topological polar surface area (TPSA) is 64.4 Å². The maximum atomic E-state index is 13.4. The first-order valence-corrected chi connectivity index (χ1v) is 9.90. The third-order valence-electron chi connectivity index (χ3n) is 5.73. The highest BCUT2D eigenvalue weighted by Crippen LogP contribution is 2.29. The molecule has 1 aromatic heterocycles. The van der Waals surface area contributed by atoms with Crippen LogP contribution >= 0.6 is 0 Å². The SMILES string of the molecule is O=C(Cc1ccn(-c2cc(F)cc(F)c2)n1)C1CCC(N2CCOCC2=O)CC1. The molecule has 1 aliphatic carbocycles. The van der Waals surface area contributed by atoms with Gasteiger partial charge in [0.25, 0.3) is 0 Å². The van der Waals surface area contributed by atoms with Crippen molar-refractivity contribution in [2.45, 2.75) is 38.1 Å². The first kappa shape index (κ1) is 19.7. The van der Waals surface area contributed by atoms with Gasteiger partial charge >= 0.3 is 0 Å². The van der Waals surface area contributed by atoms with Gasteiger partial charge in [-0.15, -0.1) is 0 Å². The van der Waals surface area contributed by atoms with Gasteiger partial charge in [0.15, 0.2) is 0 Å². The summed E-state index contributed by atoms with van der Waals surface area (Å²) in [6, 6.07) is 5.07. The molecule has 0 N–H and O–H groups in total. The molecule has 4 rings (SSSR count). The van der Waals surface area contributed by atoms with Gasteiger partial charge in [-0.25, -0.2) is 13.5 Å². The summed E-state index contributed by atoms with van der Waals surface area (Å²) >= 11 is 0. The van der Waals surface area contributed by atoms with E-state index in [4.69, 9.17) is 4.74 Å².